The molecule has 2 atom stereocenters. The second kappa shape index (κ2) is 11.4. The average molecular weight is 479 g/mol. The number of amides is 2. The van der Waals surface area contributed by atoms with Crippen molar-refractivity contribution in [3.63, 3.8) is 0 Å². The molecule has 2 N–H and O–H groups in total. The van der Waals surface area contributed by atoms with Crippen LogP contribution in [0, 0.1) is 11.8 Å². The zero-order valence-electron chi connectivity index (χ0n) is 20.2. The Hall–Kier alpha value is -3.35. The lowest BCUT2D eigenvalue weighted by Crippen LogP contribution is -2.42. The minimum Gasteiger partial charge on any atom is -0.481 e. The van der Waals surface area contributed by atoms with Gasteiger partial charge in [-0.05, 0) is 53.9 Å². The monoisotopic (exact) mass is 478 g/mol. The molecule has 0 bridgehead atoms. The van der Waals surface area contributed by atoms with Gasteiger partial charge in [-0.3, -0.25) is 9.59 Å². The van der Waals surface area contributed by atoms with E-state index in [0.29, 0.717) is 38.9 Å². The standard InChI is InChI=1S/C28H34N2O5/c1-19(12-13-26(31)30-16-6-7-20(17-30)27(32)33)14-15-29-28(34)35-18-25-23-10-4-2-8-21(23)22-9-3-5-11-24(22)25/h2-5,8-11,19-20,25H,6-7,12-18H2,1H3,(H,29,34)(H,32,33). The van der Waals surface area contributed by atoms with Crippen molar-refractivity contribution in [1.29, 1.82) is 0 Å². The highest BCUT2D eigenvalue weighted by Crippen LogP contribution is 2.44. The van der Waals surface area contributed by atoms with Gasteiger partial charge in [0, 0.05) is 32.0 Å². The molecule has 7 nitrogen and oxygen atoms in total. The molecular formula is C28H34N2O5. The first-order chi connectivity index (χ1) is 16.9. The summed E-state index contributed by atoms with van der Waals surface area (Å²) < 4.78 is 5.57. The van der Waals surface area contributed by atoms with Gasteiger partial charge in [0.15, 0.2) is 0 Å². The third kappa shape index (κ3) is 6.02. The minimum absolute atomic E-state index is 0.0206. The highest BCUT2D eigenvalue weighted by Gasteiger charge is 2.29. The van der Waals surface area contributed by atoms with Gasteiger partial charge in [-0.25, -0.2) is 4.79 Å². The van der Waals surface area contributed by atoms with Crippen LogP contribution in [0.5, 0.6) is 0 Å². The molecule has 1 fully saturated rings. The lowest BCUT2D eigenvalue weighted by Gasteiger charge is -2.31. The summed E-state index contributed by atoms with van der Waals surface area (Å²) in [6.07, 6.45) is 2.80. The molecule has 2 aromatic rings. The maximum atomic E-state index is 12.5. The quantitative estimate of drug-likeness (QED) is 0.547. The molecule has 0 saturated carbocycles. The van der Waals surface area contributed by atoms with E-state index in [1.807, 2.05) is 24.3 Å². The van der Waals surface area contributed by atoms with Gasteiger partial charge >= 0.3 is 12.1 Å². The Labute approximate surface area is 206 Å². The molecule has 2 amide bonds. The second-order valence-corrected chi connectivity index (χ2v) is 9.70. The van der Waals surface area contributed by atoms with Crippen LogP contribution in [0.15, 0.2) is 48.5 Å². The summed E-state index contributed by atoms with van der Waals surface area (Å²) in [4.78, 5) is 37.7. The topological polar surface area (TPSA) is 95.9 Å². The Bertz CT molecular complexity index is 1020. The highest BCUT2D eigenvalue weighted by atomic mass is 16.5. The van der Waals surface area contributed by atoms with Crippen molar-refractivity contribution in [2.24, 2.45) is 11.8 Å². The van der Waals surface area contributed by atoms with Gasteiger partial charge in [0.05, 0.1) is 5.92 Å². The number of alkyl carbamates (subject to hydrolysis) is 1. The van der Waals surface area contributed by atoms with E-state index < -0.39 is 18.0 Å². The van der Waals surface area contributed by atoms with Crippen molar-refractivity contribution in [2.75, 3.05) is 26.2 Å². The maximum absolute atomic E-state index is 12.5. The Morgan fingerprint density at radius 2 is 1.71 bits per heavy atom. The predicted octanol–water partition coefficient (Wildman–Crippen LogP) is 4.65. The molecule has 35 heavy (non-hydrogen) atoms. The number of carboxylic acid groups (broad SMARTS) is 1. The van der Waals surface area contributed by atoms with Crippen molar-refractivity contribution >= 4 is 18.0 Å². The molecule has 4 rings (SSSR count). The molecule has 186 valence electrons. The van der Waals surface area contributed by atoms with Crippen LogP contribution in [0.3, 0.4) is 0 Å². The number of ether oxygens (including phenoxy) is 1. The first-order valence-electron chi connectivity index (χ1n) is 12.5. The van der Waals surface area contributed by atoms with Crippen LogP contribution in [0.1, 0.15) is 56.1 Å². The third-order valence-corrected chi connectivity index (χ3v) is 7.22. The van der Waals surface area contributed by atoms with E-state index in [-0.39, 0.29) is 24.3 Å². The number of rotatable bonds is 9. The summed E-state index contributed by atoms with van der Waals surface area (Å²) in [7, 11) is 0. The number of fused-ring (bicyclic) bond motifs is 3. The molecular weight excluding hydrogens is 444 g/mol. The molecule has 0 spiro atoms. The molecule has 1 aliphatic carbocycles. The number of nitrogens with zero attached hydrogens (tertiary/aromatic N) is 1. The molecule has 7 heteroatoms. The number of piperidine rings is 1. The lowest BCUT2D eigenvalue weighted by atomic mass is 9.97. The van der Waals surface area contributed by atoms with E-state index in [4.69, 9.17) is 4.74 Å². The molecule has 2 aromatic carbocycles. The summed E-state index contributed by atoms with van der Waals surface area (Å²) in [6.45, 7) is 3.78. The molecule has 1 aliphatic heterocycles. The fraction of sp³-hybridized carbons (Fsp3) is 0.464. The van der Waals surface area contributed by atoms with Crippen LogP contribution < -0.4 is 5.32 Å². The van der Waals surface area contributed by atoms with Gasteiger partial charge in [-0.2, -0.15) is 0 Å². The normalized spacial score (nSPS) is 17.9. The van der Waals surface area contributed by atoms with Crippen molar-refractivity contribution in [3.05, 3.63) is 59.7 Å². The number of hydrogen-bond acceptors (Lipinski definition) is 4. The van der Waals surface area contributed by atoms with Crippen molar-refractivity contribution in [3.8, 4) is 11.1 Å². The fourth-order valence-corrected chi connectivity index (χ4v) is 5.15. The number of likely N-dealkylation sites (tertiary alicyclic amines) is 1. The van der Waals surface area contributed by atoms with Crippen molar-refractivity contribution < 1.29 is 24.2 Å². The van der Waals surface area contributed by atoms with E-state index in [9.17, 15) is 19.5 Å². The number of carbonyl (C=O) groups is 3. The minimum atomic E-state index is -0.824. The van der Waals surface area contributed by atoms with Gasteiger partial charge in [-0.1, -0.05) is 55.5 Å². The largest absolute Gasteiger partial charge is 0.481 e. The Kier molecular flexibility index (Phi) is 8.06. The number of aliphatic carboxylic acids is 1. The number of carbonyl (C=O) groups excluding carboxylic acids is 2. The molecule has 0 aromatic heterocycles. The second-order valence-electron chi connectivity index (χ2n) is 9.70. The van der Waals surface area contributed by atoms with Crippen molar-refractivity contribution in [2.45, 2.75) is 44.9 Å². The first-order valence-corrected chi connectivity index (χ1v) is 12.5. The Morgan fingerprint density at radius 1 is 1.06 bits per heavy atom. The fourth-order valence-electron chi connectivity index (χ4n) is 5.15. The van der Waals surface area contributed by atoms with Crippen molar-refractivity contribution in [1.82, 2.24) is 10.2 Å². The van der Waals surface area contributed by atoms with E-state index in [2.05, 4.69) is 36.5 Å². The Morgan fingerprint density at radius 3 is 2.37 bits per heavy atom. The predicted molar refractivity (Wildman–Crippen MR) is 133 cm³/mol. The summed E-state index contributed by atoms with van der Waals surface area (Å²) in [5.74, 6) is -0.963. The number of hydrogen-bond donors (Lipinski definition) is 2. The average Bonchev–Trinajstić information content (AvgIpc) is 3.19. The van der Waals surface area contributed by atoms with Crippen LogP contribution in [0.4, 0.5) is 4.79 Å². The highest BCUT2D eigenvalue weighted by molar-refractivity contribution is 5.79. The van der Waals surface area contributed by atoms with E-state index in [1.54, 1.807) is 4.90 Å². The van der Waals surface area contributed by atoms with Gasteiger partial charge < -0.3 is 20.1 Å². The first kappa shape index (κ1) is 24.8. The Balaban J connectivity index is 1.16. The maximum Gasteiger partial charge on any atom is 0.407 e. The van der Waals surface area contributed by atoms with Crippen LogP contribution in [-0.4, -0.2) is 54.2 Å². The zero-order valence-corrected chi connectivity index (χ0v) is 20.2. The van der Waals surface area contributed by atoms with E-state index in [0.717, 1.165) is 12.8 Å². The molecule has 2 aliphatic rings. The van der Waals surface area contributed by atoms with Crippen LogP contribution >= 0.6 is 0 Å². The van der Waals surface area contributed by atoms with Gasteiger partial charge in [0.1, 0.15) is 6.61 Å². The summed E-state index contributed by atoms with van der Waals surface area (Å²) in [5.41, 5.74) is 4.76. The smallest absolute Gasteiger partial charge is 0.407 e. The molecule has 2 unspecified atom stereocenters. The number of carboxylic acids is 1. The summed E-state index contributed by atoms with van der Waals surface area (Å²) in [6, 6.07) is 16.5. The lowest BCUT2D eigenvalue weighted by molar-refractivity contribution is -0.145. The van der Waals surface area contributed by atoms with E-state index in [1.165, 1.54) is 22.3 Å². The van der Waals surface area contributed by atoms with Gasteiger partial charge in [-0.15, -0.1) is 0 Å². The van der Waals surface area contributed by atoms with Gasteiger partial charge in [0.25, 0.3) is 0 Å². The van der Waals surface area contributed by atoms with E-state index >= 15 is 0 Å². The van der Waals surface area contributed by atoms with Gasteiger partial charge in [0.2, 0.25) is 5.91 Å². The van der Waals surface area contributed by atoms with Crippen LogP contribution in [-0.2, 0) is 14.3 Å². The zero-order chi connectivity index (χ0) is 24.8. The molecule has 1 heterocycles. The molecule has 1 saturated heterocycles. The SMILES string of the molecule is CC(CCNC(=O)OCC1c2ccccc2-c2ccccc21)CCC(=O)N1CCCC(C(=O)O)C1. The summed E-state index contributed by atoms with van der Waals surface area (Å²) >= 11 is 0. The summed E-state index contributed by atoms with van der Waals surface area (Å²) in [5, 5.41) is 12.0. The van der Waals surface area contributed by atoms with Crippen LogP contribution in [0.2, 0.25) is 0 Å². The number of benzene rings is 2. The third-order valence-electron chi connectivity index (χ3n) is 7.22. The molecule has 0 radical (unpaired) electrons. The number of nitrogens with one attached hydrogen (secondary N) is 1. The van der Waals surface area contributed by atoms with Crippen LogP contribution in [0.25, 0.3) is 11.1 Å².